The van der Waals surface area contributed by atoms with Crippen molar-refractivity contribution in [3.63, 3.8) is 0 Å². The highest BCUT2D eigenvalue weighted by Crippen LogP contribution is 2.26. The summed E-state index contributed by atoms with van der Waals surface area (Å²) in [7, 11) is -3.70. The summed E-state index contributed by atoms with van der Waals surface area (Å²) >= 11 is 0. The maximum Gasteiger partial charge on any atom is 0.272 e. The van der Waals surface area contributed by atoms with Gasteiger partial charge in [-0.25, -0.2) is 13.1 Å². The molecule has 3 N–H and O–H groups in total. The first kappa shape index (κ1) is 19.8. The van der Waals surface area contributed by atoms with Gasteiger partial charge in [0.15, 0.2) is 0 Å². The Morgan fingerprint density at radius 3 is 2.57 bits per heavy atom. The predicted octanol–water partition coefficient (Wildman–Crippen LogP) is 2.12. The monoisotopic (exact) mass is 363 g/mol. The highest BCUT2D eigenvalue weighted by molar-refractivity contribution is 7.89. The molecule has 2 rings (SSSR count). The summed E-state index contributed by atoms with van der Waals surface area (Å²) in [6.07, 6.45) is 3.73. The van der Waals surface area contributed by atoms with Gasteiger partial charge in [-0.3, -0.25) is 10.1 Å². The predicted molar refractivity (Wildman–Crippen MR) is 90.2 cm³/mol. The van der Waals surface area contributed by atoms with E-state index in [2.05, 4.69) is 4.72 Å². The Labute approximate surface area is 142 Å². The zero-order valence-electron chi connectivity index (χ0n) is 12.9. The number of hydrogen-bond donors (Lipinski definition) is 2. The lowest BCUT2D eigenvalue weighted by Gasteiger charge is -2.31. The van der Waals surface area contributed by atoms with Crippen LogP contribution in [0.1, 0.15) is 31.2 Å². The Kier molecular flexibility index (Phi) is 6.94. The minimum absolute atomic E-state index is 0. The number of nitrogens with two attached hydrogens (primary N) is 1. The molecular formula is C14H22ClN3O4S. The Bertz CT molecular complexity index is 666. The molecule has 0 saturated heterocycles. The van der Waals surface area contributed by atoms with Crippen molar-refractivity contribution in [2.75, 3.05) is 6.54 Å². The molecule has 130 valence electrons. The van der Waals surface area contributed by atoms with Gasteiger partial charge in [-0.1, -0.05) is 12.8 Å². The average Bonchev–Trinajstić information content (AvgIpc) is 2.47. The molecule has 1 aromatic carbocycles. The number of hydrogen-bond acceptors (Lipinski definition) is 5. The Balaban J connectivity index is 0.00000264. The largest absolute Gasteiger partial charge is 0.330 e. The van der Waals surface area contributed by atoms with Crippen molar-refractivity contribution >= 4 is 28.1 Å². The van der Waals surface area contributed by atoms with Crippen LogP contribution in [-0.2, 0) is 10.0 Å². The third-order valence-corrected chi connectivity index (χ3v) is 5.68. The van der Waals surface area contributed by atoms with Crippen LogP contribution >= 0.6 is 12.4 Å². The van der Waals surface area contributed by atoms with Gasteiger partial charge in [0, 0.05) is 17.7 Å². The number of rotatable bonds is 5. The molecule has 0 radical (unpaired) electrons. The van der Waals surface area contributed by atoms with E-state index in [0.717, 1.165) is 25.7 Å². The molecule has 0 aromatic heterocycles. The molecule has 0 amide bonds. The second-order valence-electron chi connectivity index (χ2n) is 5.71. The number of nitro benzene ring substituents is 1. The van der Waals surface area contributed by atoms with Crippen molar-refractivity contribution in [1.29, 1.82) is 0 Å². The standard InChI is InChI=1S/C14H21N3O4S.ClH/c1-10-8-12(6-7-14(10)17(18)19)22(20,21)16-13-5-3-2-4-11(13)9-15;/h6-8,11,13,16H,2-5,9,15H2,1H3;1H. The third kappa shape index (κ3) is 4.63. The van der Waals surface area contributed by atoms with Gasteiger partial charge < -0.3 is 5.73 Å². The number of halogens is 1. The van der Waals surface area contributed by atoms with Gasteiger partial charge >= 0.3 is 0 Å². The first-order valence-electron chi connectivity index (χ1n) is 7.32. The maximum atomic E-state index is 12.5. The van der Waals surface area contributed by atoms with E-state index in [1.165, 1.54) is 25.1 Å². The number of aryl methyl sites for hydroxylation is 1. The molecule has 2 unspecified atom stereocenters. The van der Waals surface area contributed by atoms with Crippen LogP contribution in [0.3, 0.4) is 0 Å². The first-order chi connectivity index (χ1) is 10.3. The van der Waals surface area contributed by atoms with E-state index >= 15 is 0 Å². The van der Waals surface area contributed by atoms with Gasteiger partial charge in [0.2, 0.25) is 10.0 Å². The molecule has 0 spiro atoms. The fraction of sp³-hybridized carbons (Fsp3) is 0.571. The number of nitrogens with zero attached hydrogens (tertiary/aromatic N) is 1. The van der Waals surface area contributed by atoms with E-state index in [4.69, 9.17) is 5.73 Å². The van der Waals surface area contributed by atoms with Crippen molar-refractivity contribution in [3.05, 3.63) is 33.9 Å². The van der Waals surface area contributed by atoms with E-state index in [0.29, 0.717) is 12.1 Å². The van der Waals surface area contributed by atoms with Crippen LogP contribution in [0.25, 0.3) is 0 Å². The fourth-order valence-electron chi connectivity index (χ4n) is 2.91. The summed E-state index contributed by atoms with van der Waals surface area (Å²) in [5.74, 6) is 0.141. The van der Waals surface area contributed by atoms with E-state index in [9.17, 15) is 18.5 Å². The summed E-state index contributed by atoms with van der Waals surface area (Å²) in [5, 5.41) is 10.8. The van der Waals surface area contributed by atoms with Crippen LogP contribution in [-0.4, -0.2) is 25.9 Å². The van der Waals surface area contributed by atoms with Gasteiger partial charge in [-0.05, 0) is 44.4 Å². The lowest BCUT2D eigenvalue weighted by molar-refractivity contribution is -0.385. The molecular weight excluding hydrogens is 342 g/mol. The summed E-state index contributed by atoms with van der Waals surface area (Å²) < 4.78 is 27.7. The molecule has 9 heteroatoms. The number of nitro groups is 1. The molecule has 0 aliphatic heterocycles. The van der Waals surface area contributed by atoms with Crippen LogP contribution in [0, 0.1) is 23.0 Å². The number of sulfonamides is 1. The fourth-order valence-corrected chi connectivity index (χ4v) is 4.34. The van der Waals surface area contributed by atoms with Crippen molar-refractivity contribution < 1.29 is 13.3 Å². The smallest absolute Gasteiger partial charge is 0.272 e. The van der Waals surface area contributed by atoms with Gasteiger partial charge in [0.05, 0.1) is 9.82 Å². The highest BCUT2D eigenvalue weighted by atomic mass is 35.5. The van der Waals surface area contributed by atoms with Crippen molar-refractivity contribution in [3.8, 4) is 0 Å². The van der Waals surface area contributed by atoms with Gasteiger partial charge in [0.25, 0.3) is 5.69 Å². The summed E-state index contributed by atoms with van der Waals surface area (Å²) in [6, 6.07) is 3.67. The minimum atomic E-state index is -3.70. The lowest BCUT2D eigenvalue weighted by atomic mass is 9.85. The Morgan fingerprint density at radius 1 is 1.35 bits per heavy atom. The van der Waals surface area contributed by atoms with Crippen molar-refractivity contribution in [2.45, 2.75) is 43.5 Å². The lowest BCUT2D eigenvalue weighted by Crippen LogP contribution is -2.44. The molecule has 23 heavy (non-hydrogen) atoms. The van der Waals surface area contributed by atoms with Crippen LogP contribution in [0.2, 0.25) is 0 Å². The topological polar surface area (TPSA) is 115 Å². The summed E-state index contributed by atoms with van der Waals surface area (Å²) in [4.78, 5) is 10.3. The molecule has 1 saturated carbocycles. The molecule has 1 aliphatic rings. The number of benzene rings is 1. The van der Waals surface area contributed by atoms with Gasteiger partial charge in [-0.15, -0.1) is 12.4 Å². The van der Waals surface area contributed by atoms with Gasteiger partial charge in [-0.2, -0.15) is 0 Å². The summed E-state index contributed by atoms with van der Waals surface area (Å²) in [6.45, 7) is 1.98. The maximum absolute atomic E-state index is 12.5. The average molecular weight is 364 g/mol. The van der Waals surface area contributed by atoms with Gasteiger partial charge in [0.1, 0.15) is 0 Å². The SMILES string of the molecule is Cc1cc(S(=O)(=O)NC2CCCCC2CN)ccc1[N+](=O)[O-].Cl. The van der Waals surface area contributed by atoms with E-state index in [1.807, 2.05) is 0 Å². The van der Waals surface area contributed by atoms with Crippen LogP contribution in [0.5, 0.6) is 0 Å². The second kappa shape index (κ2) is 8.05. The quantitative estimate of drug-likeness (QED) is 0.614. The molecule has 1 aliphatic carbocycles. The van der Waals surface area contributed by atoms with E-state index in [1.54, 1.807) is 0 Å². The van der Waals surface area contributed by atoms with Crippen molar-refractivity contribution in [1.82, 2.24) is 4.72 Å². The van der Waals surface area contributed by atoms with Crippen molar-refractivity contribution in [2.24, 2.45) is 11.7 Å². The zero-order chi connectivity index (χ0) is 16.3. The minimum Gasteiger partial charge on any atom is -0.330 e. The molecule has 2 atom stereocenters. The van der Waals surface area contributed by atoms with Crippen LogP contribution in [0.4, 0.5) is 5.69 Å². The highest BCUT2D eigenvalue weighted by Gasteiger charge is 2.29. The molecule has 1 fully saturated rings. The zero-order valence-corrected chi connectivity index (χ0v) is 14.5. The Hall–Kier alpha value is -1.22. The van der Waals surface area contributed by atoms with Crippen LogP contribution in [0.15, 0.2) is 23.1 Å². The Morgan fingerprint density at radius 2 is 2.00 bits per heavy atom. The molecule has 0 bridgehead atoms. The third-order valence-electron chi connectivity index (χ3n) is 4.19. The summed E-state index contributed by atoms with van der Waals surface area (Å²) in [5.41, 5.74) is 5.96. The van der Waals surface area contributed by atoms with Crippen LogP contribution < -0.4 is 10.5 Å². The normalized spacial score (nSPS) is 21.5. The molecule has 1 aromatic rings. The molecule has 7 nitrogen and oxygen atoms in total. The molecule has 0 heterocycles. The van der Waals surface area contributed by atoms with E-state index in [-0.39, 0.29) is 34.9 Å². The van der Waals surface area contributed by atoms with E-state index < -0.39 is 14.9 Å². The first-order valence-corrected chi connectivity index (χ1v) is 8.81. The second-order valence-corrected chi connectivity index (χ2v) is 7.43. The number of nitrogens with one attached hydrogen (secondary N) is 1.